The number of carboxylic acid groups (broad SMARTS) is 1. The summed E-state index contributed by atoms with van der Waals surface area (Å²) < 4.78 is 1.74. The molecule has 0 aliphatic heterocycles. The molecular weight excluding hydrogens is 264 g/mol. The van der Waals surface area contributed by atoms with Crippen LogP contribution in [0, 0.1) is 13.8 Å². The molecule has 0 spiro atoms. The fraction of sp³-hybridized carbons (Fsp3) is 0.286. The predicted octanol–water partition coefficient (Wildman–Crippen LogP) is 3.30. The van der Waals surface area contributed by atoms with E-state index in [4.69, 9.17) is 16.7 Å². The van der Waals surface area contributed by atoms with Crippen LogP contribution in [0.25, 0.3) is 11.1 Å². The lowest BCUT2D eigenvalue weighted by molar-refractivity contribution is -0.137. The summed E-state index contributed by atoms with van der Waals surface area (Å²) in [4.78, 5) is 10.6. The number of carbonyl (C=O) groups is 1. The fourth-order valence-electron chi connectivity index (χ4n) is 2.15. The maximum absolute atomic E-state index is 10.6. The third-order valence-corrected chi connectivity index (χ3v) is 3.30. The fourth-order valence-corrected chi connectivity index (χ4v) is 2.28. The summed E-state index contributed by atoms with van der Waals surface area (Å²) in [6.07, 6.45) is 0.0714. The summed E-state index contributed by atoms with van der Waals surface area (Å²) in [6.45, 7) is 4.26. The molecule has 1 aromatic heterocycles. The molecule has 0 atom stereocenters. The van der Waals surface area contributed by atoms with Gasteiger partial charge in [0.15, 0.2) is 0 Å². The van der Waals surface area contributed by atoms with Crippen LogP contribution >= 0.6 is 11.6 Å². The quantitative estimate of drug-likeness (QED) is 0.934. The van der Waals surface area contributed by atoms with E-state index in [1.807, 2.05) is 38.1 Å². The minimum Gasteiger partial charge on any atom is -0.481 e. The van der Waals surface area contributed by atoms with Crippen molar-refractivity contribution in [2.24, 2.45) is 0 Å². The lowest BCUT2D eigenvalue weighted by Crippen LogP contribution is -2.07. The molecule has 0 bridgehead atoms. The Labute approximate surface area is 116 Å². The first-order valence-electron chi connectivity index (χ1n) is 6.01. The van der Waals surface area contributed by atoms with Crippen molar-refractivity contribution in [3.8, 4) is 11.1 Å². The van der Waals surface area contributed by atoms with E-state index in [0.717, 1.165) is 22.5 Å². The Hall–Kier alpha value is -1.81. The summed E-state index contributed by atoms with van der Waals surface area (Å²) in [5.41, 5.74) is 3.95. The molecule has 0 saturated carbocycles. The number of hydrogen-bond donors (Lipinski definition) is 1. The molecule has 1 aromatic carbocycles. The number of benzene rings is 1. The normalized spacial score (nSPS) is 10.7. The second kappa shape index (κ2) is 5.45. The van der Waals surface area contributed by atoms with E-state index < -0.39 is 5.97 Å². The van der Waals surface area contributed by atoms with Gasteiger partial charge in [0.05, 0.1) is 18.7 Å². The highest BCUT2D eigenvalue weighted by atomic mass is 35.5. The van der Waals surface area contributed by atoms with E-state index in [-0.39, 0.29) is 6.42 Å². The number of aromatic nitrogens is 2. The minimum atomic E-state index is -0.819. The van der Waals surface area contributed by atoms with Gasteiger partial charge in [-0.25, -0.2) is 0 Å². The van der Waals surface area contributed by atoms with Crippen molar-refractivity contribution in [3.63, 3.8) is 0 Å². The van der Waals surface area contributed by atoms with Gasteiger partial charge >= 0.3 is 5.97 Å². The molecule has 0 unspecified atom stereocenters. The average Bonchev–Trinajstić information content (AvgIpc) is 2.63. The smallest absolute Gasteiger partial charge is 0.305 e. The van der Waals surface area contributed by atoms with E-state index in [0.29, 0.717) is 11.6 Å². The zero-order valence-corrected chi connectivity index (χ0v) is 11.6. The second-order valence-corrected chi connectivity index (χ2v) is 4.86. The largest absolute Gasteiger partial charge is 0.481 e. The summed E-state index contributed by atoms with van der Waals surface area (Å²) in [6, 6.07) is 7.57. The molecule has 5 heteroatoms. The maximum atomic E-state index is 10.6. The van der Waals surface area contributed by atoms with Gasteiger partial charge in [0.1, 0.15) is 0 Å². The summed E-state index contributed by atoms with van der Waals surface area (Å²) in [7, 11) is 0. The standard InChI is InChI=1S/C14H15ClN2O2/c1-9-14(11-3-5-12(15)6-4-11)10(2)17(16-9)8-7-13(18)19/h3-6H,7-8H2,1-2H3,(H,18,19). The molecular formula is C14H15ClN2O2. The first-order chi connectivity index (χ1) is 8.99. The van der Waals surface area contributed by atoms with Crippen molar-refractivity contribution in [2.75, 3.05) is 0 Å². The number of hydrogen-bond acceptors (Lipinski definition) is 2. The molecule has 0 fully saturated rings. The molecule has 0 aliphatic rings. The molecule has 2 aromatic rings. The monoisotopic (exact) mass is 278 g/mol. The highest BCUT2D eigenvalue weighted by molar-refractivity contribution is 6.30. The van der Waals surface area contributed by atoms with E-state index in [1.165, 1.54) is 0 Å². The molecule has 19 heavy (non-hydrogen) atoms. The Morgan fingerprint density at radius 3 is 2.53 bits per heavy atom. The highest BCUT2D eigenvalue weighted by Gasteiger charge is 2.13. The second-order valence-electron chi connectivity index (χ2n) is 4.42. The first kappa shape index (κ1) is 13.6. The van der Waals surface area contributed by atoms with Gasteiger partial charge in [-0.05, 0) is 31.5 Å². The van der Waals surface area contributed by atoms with Crippen LogP contribution in [-0.4, -0.2) is 20.9 Å². The van der Waals surface area contributed by atoms with E-state index in [2.05, 4.69) is 5.10 Å². The molecule has 100 valence electrons. The van der Waals surface area contributed by atoms with Crippen molar-refractivity contribution in [1.82, 2.24) is 9.78 Å². The van der Waals surface area contributed by atoms with E-state index >= 15 is 0 Å². The lowest BCUT2D eigenvalue weighted by Gasteiger charge is -2.04. The summed E-state index contributed by atoms with van der Waals surface area (Å²) in [5, 5.41) is 13.8. The lowest BCUT2D eigenvalue weighted by atomic mass is 10.0. The molecule has 1 N–H and O–H groups in total. The SMILES string of the molecule is Cc1nn(CCC(=O)O)c(C)c1-c1ccc(Cl)cc1. The van der Waals surface area contributed by atoms with Crippen molar-refractivity contribution >= 4 is 17.6 Å². The van der Waals surface area contributed by atoms with Crippen LogP contribution in [0.5, 0.6) is 0 Å². The highest BCUT2D eigenvalue weighted by Crippen LogP contribution is 2.28. The summed E-state index contributed by atoms with van der Waals surface area (Å²) >= 11 is 5.88. The molecule has 0 aliphatic carbocycles. The zero-order chi connectivity index (χ0) is 14.0. The third-order valence-electron chi connectivity index (χ3n) is 3.05. The Balaban J connectivity index is 2.36. The molecule has 0 amide bonds. The van der Waals surface area contributed by atoms with E-state index in [1.54, 1.807) is 4.68 Å². The number of carboxylic acids is 1. The number of halogens is 1. The number of aryl methyl sites for hydroxylation is 2. The van der Waals surface area contributed by atoms with Gasteiger partial charge in [0.25, 0.3) is 0 Å². The maximum Gasteiger partial charge on any atom is 0.305 e. The Morgan fingerprint density at radius 1 is 1.32 bits per heavy atom. The predicted molar refractivity (Wildman–Crippen MR) is 74.4 cm³/mol. The number of nitrogens with zero attached hydrogens (tertiary/aromatic N) is 2. The molecule has 1 heterocycles. The van der Waals surface area contributed by atoms with Gasteiger partial charge in [-0.3, -0.25) is 9.48 Å². The Kier molecular flexibility index (Phi) is 3.90. The Bertz CT molecular complexity index is 603. The van der Waals surface area contributed by atoms with Crippen LogP contribution in [0.3, 0.4) is 0 Å². The van der Waals surface area contributed by atoms with Crippen LogP contribution in [0.4, 0.5) is 0 Å². The van der Waals surface area contributed by atoms with Crippen LogP contribution in [0.15, 0.2) is 24.3 Å². The Morgan fingerprint density at radius 2 is 1.95 bits per heavy atom. The molecule has 2 rings (SSSR count). The van der Waals surface area contributed by atoms with Crippen LogP contribution < -0.4 is 0 Å². The minimum absolute atomic E-state index is 0.0714. The van der Waals surface area contributed by atoms with Gasteiger partial charge in [-0.1, -0.05) is 23.7 Å². The van der Waals surface area contributed by atoms with Crippen LogP contribution in [0.1, 0.15) is 17.8 Å². The van der Waals surface area contributed by atoms with Gasteiger partial charge in [0, 0.05) is 16.3 Å². The van der Waals surface area contributed by atoms with Gasteiger partial charge < -0.3 is 5.11 Å². The van der Waals surface area contributed by atoms with Gasteiger partial charge in [-0.2, -0.15) is 5.10 Å². The molecule has 0 saturated heterocycles. The summed E-state index contributed by atoms with van der Waals surface area (Å²) in [5.74, 6) is -0.819. The molecule has 4 nitrogen and oxygen atoms in total. The first-order valence-corrected chi connectivity index (χ1v) is 6.38. The third kappa shape index (κ3) is 2.96. The average molecular weight is 279 g/mol. The topological polar surface area (TPSA) is 55.1 Å². The van der Waals surface area contributed by atoms with E-state index in [9.17, 15) is 4.79 Å². The van der Waals surface area contributed by atoms with Gasteiger partial charge in [0.2, 0.25) is 0 Å². The van der Waals surface area contributed by atoms with Crippen molar-refractivity contribution in [3.05, 3.63) is 40.7 Å². The molecule has 0 radical (unpaired) electrons. The van der Waals surface area contributed by atoms with Crippen molar-refractivity contribution < 1.29 is 9.90 Å². The van der Waals surface area contributed by atoms with Crippen molar-refractivity contribution in [1.29, 1.82) is 0 Å². The van der Waals surface area contributed by atoms with Gasteiger partial charge in [-0.15, -0.1) is 0 Å². The van der Waals surface area contributed by atoms with Crippen molar-refractivity contribution in [2.45, 2.75) is 26.8 Å². The number of rotatable bonds is 4. The van der Waals surface area contributed by atoms with Crippen LogP contribution in [-0.2, 0) is 11.3 Å². The number of aliphatic carboxylic acids is 1. The zero-order valence-electron chi connectivity index (χ0n) is 10.9. The van der Waals surface area contributed by atoms with Crippen LogP contribution in [0.2, 0.25) is 5.02 Å².